The zero-order valence-electron chi connectivity index (χ0n) is 16.6. The predicted octanol–water partition coefficient (Wildman–Crippen LogP) is 5.97. The first kappa shape index (κ1) is 19.5. The number of rotatable bonds is 6. The van der Waals surface area contributed by atoms with Gasteiger partial charge in [-0.3, -0.25) is 9.55 Å². The molecule has 0 radical (unpaired) electrons. The molecule has 2 heterocycles. The van der Waals surface area contributed by atoms with Crippen molar-refractivity contribution in [2.24, 2.45) is 0 Å². The molecule has 5 aromatic rings. The lowest BCUT2D eigenvalue weighted by atomic mass is 10.2. The van der Waals surface area contributed by atoms with E-state index in [0.717, 1.165) is 38.7 Å². The van der Waals surface area contributed by atoms with Crippen LogP contribution in [0.5, 0.6) is 0 Å². The van der Waals surface area contributed by atoms with E-state index in [1.165, 1.54) is 12.1 Å². The van der Waals surface area contributed by atoms with Crippen LogP contribution in [0.15, 0.2) is 96.2 Å². The lowest BCUT2D eigenvalue weighted by Gasteiger charge is -2.11. The molecular formula is C25H19FN4S. The summed E-state index contributed by atoms with van der Waals surface area (Å²) in [5.74, 6) is 1.13. The number of hydrogen-bond donors (Lipinski definition) is 0. The number of para-hydroxylation sites is 1. The summed E-state index contributed by atoms with van der Waals surface area (Å²) in [5, 5.41) is 10.8. The van der Waals surface area contributed by atoms with Gasteiger partial charge in [-0.05, 0) is 42.0 Å². The highest BCUT2D eigenvalue weighted by Crippen LogP contribution is 2.27. The standard InChI is InChI=1S/C25H19FN4S/c26-21-13-10-20(11-14-21)24-28-29-25(30(24)16-18-6-2-1-3-7-18)31-17-22-15-12-19-8-4-5-9-23(19)27-22/h1-15H,16-17H2. The smallest absolute Gasteiger partial charge is 0.192 e. The Bertz CT molecular complexity index is 1320. The van der Waals surface area contributed by atoms with Crippen LogP contribution in [0.3, 0.4) is 0 Å². The first-order chi connectivity index (χ1) is 15.3. The van der Waals surface area contributed by atoms with Gasteiger partial charge in [-0.2, -0.15) is 0 Å². The minimum absolute atomic E-state index is 0.269. The Labute approximate surface area is 183 Å². The Morgan fingerprint density at radius 1 is 0.774 bits per heavy atom. The van der Waals surface area contributed by atoms with Crippen LogP contribution in [0.4, 0.5) is 4.39 Å². The Kier molecular flexibility index (Phi) is 5.46. The third kappa shape index (κ3) is 4.34. The number of pyridine rings is 1. The van der Waals surface area contributed by atoms with Gasteiger partial charge in [-0.15, -0.1) is 10.2 Å². The molecular weight excluding hydrogens is 407 g/mol. The van der Waals surface area contributed by atoms with Crippen molar-refractivity contribution in [1.82, 2.24) is 19.7 Å². The molecule has 0 spiro atoms. The maximum atomic E-state index is 13.4. The van der Waals surface area contributed by atoms with Gasteiger partial charge in [-0.25, -0.2) is 4.39 Å². The summed E-state index contributed by atoms with van der Waals surface area (Å²) < 4.78 is 15.5. The molecule has 4 nitrogen and oxygen atoms in total. The highest BCUT2D eigenvalue weighted by atomic mass is 32.2. The molecule has 0 saturated carbocycles. The van der Waals surface area contributed by atoms with Gasteiger partial charge < -0.3 is 0 Å². The second kappa shape index (κ2) is 8.70. The molecule has 6 heteroatoms. The van der Waals surface area contributed by atoms with Gasteiger partial charge in [0.2, 0.25) is 0 Å². The summed E-state index contributed by atoms with van der Waals surface area (Å²) >= 11 is 1.60. The SMILES string of the molecule is Fc1ccc(-c2nnc(SCc3ccc4ccccc4n3)n2Cc2ccccc2)cc1. The Morgan fingerprint density at radius 2 is 1.55 bits per heavy atom. The number of nitrogens with zero attached hydrogens (tertiary/aromatic N) is 4. The monoisotopic (exact) mass is 426 g/mol. The Morgan fingerprint density at radius 3 is 2.39 bits per heavy atom. The number of thioether (sulfide) groups is 1. The lowest BCUT2D eigenvalue weighted by Crippen LogP contribution is -2.04. The molecule has 5 rings (SSSR count). The van der Waals surface area contributed by atoms with Crippen LogP contribution < -0.4 is 0 Å². The number of benzene rings is 3. The van der Waals surface area contributed by atoms with E-state index in [2.05, 4.69) is 39.0 Å². The molecule has 0 N–H and O–H groups in total. The molecule has 0 atom stereocenters. The molecule has 0 saturated heterocycles. The van der Waals surface area contributed by atoms with Gasteiger partial charge in [0, 0.05) is 16.7 Å². The van der Waals surface area contributed by atoms with E-state index in [1.807, 2.05) is 42.5 Å². The summed E-state index contributed by atoms with van der Waals surface area (Å²) in [7, 11) is 0. The number of halogens is 1. The van der Waals surface area contributed by atoms with E-state index in [-0.39, 0.29) is 5.82 Å². The normalized spacial score (nSPS) is 11.1. The van der Waals surface area contributed by atoms with Crippen LogP contribution in [0.25, 0.3) is 22.3 Å². The molecule has 0 amide bonds. The molecule has 31 heavy (non-hydrogen) atoms. The van der Waals surface area contributed by atoms with Gasteiger partial charge in [0.05, 0.1) is 17.8 Å². The number of hydrogen-bond acceptors (Lipinski definition) is 4. The topological polar surface area (TPSA) is 43.6 Å². The van der Waals surface area contributed by atoms with E-state index in [4.69, 9.17) is 4.98 Å². The maximum Gasteiger partial charge on any atom is 0.192 e. The van der Waals surface area contributed by atoms with Crippen LogP contribution in [-0.4, -0.2) is 19.7 Å². The van der Waals surface area contributed by atoms with Crippen LogP contribution in [0.2, 0.25) is 0 Å². The van der Waals surface area contributed by atoms with E-state index >= 15 is 0 Å². The van der Waals surface area contributed by atoms with Gasteiger partial charge in [0.25, 0.3) is 0 Å². The van der Waals surface area contributed by atoms with Crippen LogP contribution in [0.1, 0.15) is 11.3 Å². The molecule has 0 aliphatic heterocycles. The molecule has 0 fully saturated rings. The third-order valence-corrected chi connectivity index (χ3v) is 6.01. The summed E-state index contributed by atoms with van der Waals surface area (Å²) in [6.45, 7) is 0.633. The fraction of sp³-hybridized carbons (Fsp3) is 0.0800. The summed E-state index contributed by atoms with van der Waals surface area (Å²) in [5.41, 5.74) is 3.96. The minimum Gasteiger partial charge on any atom is -0.298 e. The van der Waals surface area contributed by atoms with Crippen molar-refractivity contribution in [3.63, 3.8) is 0 Å². The largest absolute Gasteiger partial charge is 0.298 e. The lowest BCUT2D eigenvalue weighted by molar-refractivity contribution is 0.628. The van der Waals surface area contributed by atoms with Gasteiger partial charge in [-0.1, -0.05) is 66.4 Å². The van der Waals surface area contributed by atoms with Crippen LogP contribution in [-0.2, 0) is 12.3 Å². The number of aromatic nitrogens is 4. The summed E-state index contributed by atoms with van der Waals surface area (Å²) in [4.78, 5) is 4.76. The third-order valence-electron chi connectivity index (χ3n) is 5.01. The molecule has 0 unspecified atom stereocenters. The van der Waals surface area contributed by atoms with Crippen molar-refractivity contribution in [3.8, 4) is 11.4 Å². The van der Waals surface area contributed by atoms with Crippen molar-refractivity contribution >= 4 is 22.7 Å². The average Bonchev–Trinajstić information content (AvgIpc) is 3.21. The zero-order chi connectivity index (χ0) is 21.0. The summed E-state index contributed by atoms with van der Waals surface area (Å²) in [6.07, 6.45) is 0. The molecule has 0 aliphatic rings. The Balaban J connectivity index is 1.46. The molecule has 3 aromatic carbocycles. The Hall–Kier alpha value is -3.51. The first-order valence-electron chi connectivity index (χ1n) is 9.97. The average molecular weight is 427 g/mol. The second-order valence-electron chi connectivity index (χ2n) is 7.17. The van der Waals surface area contributed by atoms with Crippen LogP contribution >= 0.6 is 11.8 Å². The van der Waals surface area contributed by atoms with Crippen molar-refractivity contribution in [2.45, 2.75) is 17.5 Å². The predicted molar refractivity (Wildman–Crippen MR) is 122 cm³/mol. The molecule has 2 aromatic heterocycles. The van der Waals surface area contributed by atoms with E-state index in [1.54, 1.807) is 23.9 Å². The molecule has 0 aliphatic carbocycles. The van der Waals surface area contributed by atoms with Gasteiger partial charge in [0.15, 0.2) is 11.0 Å². The fourth-order valence-electron chi connectivity index (χ4n) is 3.44. The van der Waals surface area contributed by atoms with E-state index in [0.29, 0.717) is 12.3 Å². The van der Waals surface area contributed by atoms with Crippen molar-refractivity contribution in [1.29, 1.82) is 0 Å². The molecule has 152 valence electrons. The van der Waals surface area contributed by atoms with Crippen LogP contribution in [0, 0.1) is 5.82 Å². The minimum atomic E-state index is -0.269. The quantitative estimate of drug-likeness (QED) is 0.314. The maximum absolute atomic E-state index is 13.4. The van der Waals surface area contributed by atoms with Crippen molar-refractivity contribution < 1.29 is 4.39 Å². The van der Waals surface area contributed by atoms with E-state index < -0.39 is 0 Å². The van der Waals surface area contributed by atoms with Crippen molar-refractivity contribution in [2.75, 3.05) is 0 Å². The molecule has 0 bridgehead atoms. The number of fused-ring (bicyclic) bond motifs is 1. The van der Waals surface area contributed by atoms with Gasteiger partial charge in [0.1, 0.15) is 5.82 Å². The summed E-state index contributed by atoms with van der Waals surface area (Å²) in [6, 6.07) is 28.8. The van der Waals surface area contributed by atoms with Crippen molar-refractivity contribution in [3.05, 3.63) is 108 Å². The first-order valence-corrected chi connectivity index (χ1v) is 11.0. The van der Waals surface area contributed by atoms with Gasteiger partial charge >= 0.3 is 0 Å². The van der Waals surface area contributed by atoms with E-state index in [9.17, 15) is 4.39 Å². The highest BCUT2D eigenvalue weighted by Gasteiger charge is 2.15. The highest BCUT2D eigenvalue weighted by molar-refractivity contribution is 7.98. The fourth-order valence-corrected chi connectivity index (χ4v) is 4.29. The second-order valence-corrected chi connectivity index (χ2v) is 8.11. The zero-order valence-corrected chi connectivity index (χ0v) is 17.5.